The molecule has 0 unspecified atom stereocenters. The first-order valence-corrected chi connectivity index (χ1v) is 6.72. The lowest BCUT2D eigenvalue weighted by atomic mass is 10.1. The monoisotopic (exact) mass is 296 g/mol. The molecule has 0 saturated carbocycles. The molecule has 0 aliphatic carbocycles. The maximum Gasteiger partial charge on any atom is 0.416 e. The number of benzene rings is 1. The Morgan fingerprint density at radius 3 is 2.45 bits per heavy atom. The number of nitrogens with zero attached hydrogens (tertiary/aromatic N) is 2. The third-order valence-corrected chi connectivity index (χ3v) is 3.35. The predicted octanol–water partition coefficient (Wildman–Crippen LogP) is 4.44. The predicted molar refractivity (Wildman–Crippen MR) is 73.4 cm³/mol. The molecule has 1 heterocycles. The van der Waals surface area contributed by atoms with Crippen LogP contribution < -0.4 is 0 Å². The quantitative estimate of drug-likeness (QED) is 0.474. The van der Waals surface area contributed by atoms with E-state index in [2.05, 4.69) is 16.5 Å². The van der Waals surface area contributed by atoms with Crippen LogP contribution in [0.1, 0.15) is 5.56 Å². The van der Waals surface area contributed by atoms with Crippen molar-refractivity contribution in [2.45, 2.75) is 11.3 Å². The van der Waals surface area contributed by atoms with Gasteiger partial charge in [0.2, 0.25) is 0 Å². The topological polar surface area (TPSA) is 25.8 Å². The second-order valence-corrected chi connectivity index (χ2v) is 4.92. The van der Waals surface area contributed by atoms with Crippen LogP contribution >= 0.6 is 11.8 Å². The van der Waals surface area contributed by atoms with Gasteiger partial charge >= 0.3 is 6.18 Å². The van der Waals surface area contributed by atoms with E-state index in [-0.39, 0.29) is 0 Å². The van der Waals surface area contributed by atoms with Gasteiger partial charge in [-0.2, -0.15) is 13.2 Å². The molecular weight excluding hydrogens is 285 g/mol. The van der Waals surface area contributed by atoms with Crippen molar-refractivity contribution in [2.75, 3.05) is 5.75 Å². The number of rotatable bonds is 4. The molecule has 0 spiro atoms. The zero-order valence-electron chi connectivity index (χ0n) is 10.4. The lowest BCUT2D eigenvalue weighted by Gasteiger charge is -2.08. The number of hydrogen-bond acceptors (Lipinski definition) is 3. The maximum atomic E-state index is 12.6. The van der Waals surface area contributed by atoms with Crippen LogP contribution in [-0.2, 0) is 6.18 Å². The molecule has 0 bridgehead atoms. The Balaban J connectivity index is 2.25. The summed E-state index contributed by atoms with van der Waals surface area (Å²) in [6, 6.07) is 5.11. The maximum absolute atomic E-state index is 12.6. The highest BCUT2D eigenvalue weighted by molar-refractivity contribution is 7.99. The minimum absolute atomic E-state index is 0.445. The zero-order valence-corrected chi connectivity index (χ0v) is 11.2. The summed E-state index contributed by atoms with van der Waals surface area (Å²) in [6.07, 6.45) is 0.424. The molecule has 0 amide bonds. The van der Waals surface area contributed by atoms with Gasteiger partial charge < -0.3 is 0 Å². The van der Waals surface area contributed by atoms with E-state index in [9.17, 15) is 13.2 Å². The van der Waals surface area contributed by atoms with Gasteiger partial charge in [0.15, 0.2) is 5.16 Å². The van der Waals surface area contributed by atoms with Crippen molar-refractivity contribution in [1.29, 1.82) is 0 Å². The van der Waals surface area contributed by atoms with Gasteiger partial charge in [-0.1, -0.05) is 30.0 Å². The number of halogens is 3. The fraction of sp³-hybridized carbons (Fsp3) is 0.143. The van der Waals surface area contributed by atoms with E-state index in [0.717, 1.165) is 12.1 Å². The van der Waals surface area contributed by atoms with Crippen molar-refractivity contribution in [3.05, 3.63) is 54.9 Å². The smallest absolute Gasteiger partial charge is 0.230 e. The summed E-state index contributed by atoms with van der Waals surface area (Å²) in [5.41, 5.74) is 0.319. The first-order chi connectivity index (χ1) is 9.50. The Kier molecular flexibility index (Phi) is 4.44. The van der Waals surface area contributed by atoms with E-state index in [1.807, 2.05) is 0 Å². The van der Waals surface area contributed by atoms with Gasteiger partial charge in [-0.05, 0) is 17.7 Å². The van der Waals surface area contributed by atoms with Crippen molar-refractivity contribution in [3.63, 3.8) is 0 Å². The van der Waals surface area contributed by atoms with Crippen LogP contribution in [0.15, 0.2) is 54.5 Å². The van der Waals surface area contributed by atoms with Crippen molar-refractivity contribution < 1.29 is 13.2 Å². The average Bonchev–Trinajstić information content (AvgIpc) is 2.45. The number of thioether (sulfide) groups is 1. The summed E-state index contributed by atoms with van der Waals surface area (Å²) >= 11 is 1.41. The molecule has 0 N–H and O–H groups in total. The lowest BCUT2D eigenvalue weighted by Crippen LogP contribution is -2.04. The molecule has 0 radical (unpaired) electrons. The lowest BCUT2D eigenvalue weighted by molar-refractivity contribution is -0.137. The second-order valence-electron chi connectivity index (χ2n) is 3.93. The van der Waals surface area contributed by atoms with Crippen molar-refractivity contribution in [3.8, 4) is 11.1 Å². The van der Waals surface area contributed by atoms with Crippen molar-refractivity contribution >= 4 is 11.8 Å². The van der Waals surface area contributed by atoms with Crippen LogP contribution in [0.3, 0.4) is 0 Å². The molecule has 1 aromatic carbocycles. The summed E-state index contributed by atoms with van der Waals surface area (Å²) < 4.78 is 37.9. The molecule has 6 heteroatoms. The third-order valence-electron chi connectivity index (χ3n) is 2.48. The summed E-state index contributed by atoms with van der Waals surface area (Å²) in [5, 5.41) is 0.570. The number of alkyl halides is 3. The molecule has 0 fully saturated rings. The molecule has 0 aliphatic rings. The summed E-state index contributed by atoms with van der Waals surface area (Å²) in [6.45, 7) is 3.59. The second kappa shape index (κ2) is 6.09. The van der Waals surface area contributed by atoms with Crippen LogP contribution in [-0.4, -0.2) is 15.7 Å². The van der Waals surface area contributed by atoms with Crippen LogP contribution in [0.4, 0.5) is 13.2 Å². The fourth-order valence-electron chi connectivity index (χ4n) is 1.55. The molecule has 0 saturated heterocycles. The van der Waals surface area contributed by atoms with Crippen molar-refractivity contribution in [1.82, 2.24) is 9.97 Å². The molecule has 1 aromatic heterocycles. The highest BCUT2D eigenvalue weighted by Gasteiger charge is 2.30. The summed E-state index contributed by atoms with van der Waals surface area (Å²) in [4.78, 5) is 8.21. The van der Waals surface area contributed by atoms with Gasteiger partial charge in [0.1, 0.15) is 0 Å². The van der Waals surface area contributed by atoms with Gasteiger partial charge in [0, 0.05) is 23.7 Å². The molecular formula is C14H11F3N2S. The number of aromatic nitrogens is 2. The molecule has 20 heavy (non-hydrogen) atoms. The average molecular weight is 296 g/mol. The minimum Gasteiger partial charge on any atom is -0.230 e. The van der Waals surface area contributed by atoms with Crippen LogP contribution in [0.2, 0.25) is 0 Å². The van der Waals surface area contributed by atoms with Gasteiger partial charge in [0.05, 0.1) is 5.56 Å². The van der Waals surface area contributed by atoms with E-state index in [0.29, 0.717) is 22.0 Å². The van der Waals surface area contributed by atoms with Crippen LogP contribution in [0, 0.1) is 0 Å². The van der Waals surface area contributed by atoms with E-state index in [4.69, 9.17) is 0 Å². The van der Waals surface area contributed by atoms with E-state index in [1.54, 1.807) is 12.1 Å². The first-order valence-electron chi connectivity index (χ1n) is 5.74. The molecule has 2 nitrogen and oxygen atoms in total. The Morgan fingerprint density at radius 1 is 1.15 bits per heavy atom. The van der Waals surface area contributed by atoms with Gasteiger partial charge in [-0.25, -0.2) is 9.97 Å². The Bertz CT molecular complexity index is 594. The van der Waals surface area contributed by atoms with E-state index >= 15 is 0 Å². The molecule has 104 valence electrons. The summed E-state index contributed by atoms with van der Waals surface area (Å²) in [5.74, 6) is 0.683. The van der Waals surface area contributed by atoms with E-state index < -0.39 is 11.7 Å². The highest BCUT2D eigenvalue weighted by Crippen LogP contribution is 2.31. The normalized spacial score (nSPS) is 11.3. The van der Waals surface area contributed by atoms with Crippen LogP contribution in [0.25, 0.3) is 11.1 Å². The highest BCUT2D eigenvalue weighted by atomic mass is 32.2. The van der Waals surface area contributed by atoms with Gasteiger partial charge in [0.25, 0.3) is 0 Å². The Labute approximate surface area is 118 Å². The van der Waals surface area contributed by atoms with Gasteiger partial charge in [-0.3, -0.25) is 0 Å². The SMILES string of the molecule is C=CCSc1ncc(-c2cccc(C(F)(F)F)c2)cn1. The molecule has 2 aromatic rings. The standard InChI is InChI=1S/C14H11F3N2S/c1-2-6-20-13-18-8-11(9-19-13)10-4-3-5-12(7-10)14(15,16)17/h2-5,7-9H,1,6H2. The van der Waals surface area contributed by atoms with Crippen molar-refractivity contribution in [2.24, 2.45) is 0 Å². The third kappa shape index (κ3) is 3.60. The molecule has 0 aliphatic heterocycles. The Morgan fingerprint density at radius 2 is 1.85 bits per heavy atom. The largest absolute Gasteiger partial charge is 0.416 e. The minimum atomic E-state index is -4.35. The first kappa shape index (κ1) is 14.6. The van der Waals surface area contributed by atoms with Crippen LogP contribution in [0.5, 0.6) is 0 Å². The zero-order chi connectivity index (χ0) is 14.6. The van der Waals surface area contributed by atoms with Gasteiger partial charge in [-0.15, -0.1) is 6.58 Å². The van der Waals surface area contributed by atoms with E-state index in [1.165, 1.54) is 30.2 Å². The molecule has 0 atom stereocenters. The number of hydrogen-bond donors (Lipinski definition) is 0. The summed E-state index contributed by atoms with van der Waals surface area (Å²) in [7, 11) is 0. The Hall–Kier alpha value is -1.82. The molecule has 2 rings (SSSR count). The fourth-order valence-corrected chi connectivity index (χ4v) is 2.07.